The molecule has 0 fully saturated rings. The van der Waals surface area contributed by atoms with Crippen LogP contribution in [0.4, 0.5) is 0 Å². The van der Waals surface area contributed by atoms with Crippen molar-refractivity contribution >= 4 is 23.2 Å². The van der Waals surface area contributed by atoms with Gasteiger partial charge in [0.15, 0.2) is 0 Å². The number of nitrogens with zero attached hydrogens (tertiary/aromatic N) is 1. The number of aromatic nitrogens is 1. The van der Waals surface area contributed by atoms with Gasteiger partial charge in [-0.1, -0.05) is 29.3 Å². The van der Waals surface area contributed by atoms with E-state index in [1.54, 1.807) is 13.3 Å². The minimum Gasteiger partial charge on any atom is -0.495 e. The normalized spacial score (nSPS) is 12.2. The van der Waals surface area contributed by atoms with Gasteiger partial charge in [-0.05, 0) is 31.3 Å². The second-order valence-electron chi connectivity index (χ2n) is 3.95. The van der Waals surface area contributed by atoms with Crippen LogP contribution in [-0.4, -0.2) is 19.1 Å². The molecule has 2 rings (SSSR count). The van der Waals surface area contributed by atoms with E-state index in [-0.39, 0.29) is 6.04 Å². The Hall–Kier alpha value is -1.29. The largest absolute Gasteiger partial charge is 0.495 e. The molecule has 0 bridgehead atoms. The predicted molar refractivity (Wildman–Crippen MR) is 78.2 cm³/mol. The van der Waals surface area contributed by atoms with Gasteiger partial charge in [0.2, 0.25) is 0 Å². The van der Waals surface area contributed by atoms with Crippen LogP contribution in [0, 0.1) is 0 Å². The Labute approximate surface area is 122 Å². The molecular weight excluding hydrogens is 283 g/mol. The fourth-order valence-corrected chi connectivity index (χ4v) is 2.61. The van der Waals surface area contributed by atoms with Crippen LogP contribution in [-0.2, 0) is 0 Å². The van der Waals surface area contributed by atoms with Crippen LogP contribution in [0.1, 0.15) is 17.3 Å². The summed E-state index contributed by atoms with van der Waals surface area (Å²) >= 11 is 12.5. The van der Waals surface area contributed by atoms with Gasteiger partial charge in [-0.2, -0.15) is 0 Å². The highest BCUT2D eigenvalue weighted by Crippen LogP contribution is 2.36. The number of pyridine rings is 1. The molecule has 0 saturated carbocycles. The molecular formula is C14H14Cl2N2O. The van der Waals surface area contributed by atoms with Gasteiger partial charge in [0.05, 0.1) is 13.2 Å². The summed E-state index contributed by atoms with van der Waals surface area (Å²) in [7, 11) is 3.44. The molecule has 3 nitrogen and oxygen atoms in total. The molecule has 0 aliphatic heterocycles. The van der Waals surface area contributed by atoms with E-state index in [9.17, 15) is 0 Å². The Morgan fingerprint density at radius 2 is 1.84 bits per heavy atom. The monoisotopic (exact) mass is 296 g/mol. The van der Waals surface area contributed by atoms with Crippen molar-refractivity contribution in [1.82, 2.24) is 10.3 Å². The lowest BCUT2D eigenvalue weighted by atomic mass is 10.0. The van der Waals surface area contributed by atoms with E-state index in [4.69, 9.17) is 27.9 Å². The minimum absolute atomic E-state index is 0.225. The van der Waals surface area contributed by atoms with Crippen molar-refractivity contribution in [3.05, 3.63) is 57.8 Å². The van der Waals surface area contributed by atoms with Gasteiger partial charge in [0.1, 0.15) is 11.4 Å². The topological polar surface area (TPSA) is 34.2 Å². The molecule has 0 saturated heterocycles. The summed E-state index contributed by atoms with van der Waals surface area (Å²) in [5.41, 5.74) is 1.55. The maximum absolute atomic E-state index is 6.26. The Bertz CT molecular complexity index is 555. The lowest BCUT2D eigenvalue weighted by Crippen LogP contribution is -2.20. The molecule has 1 atom stereocenters. The molecule has 0 aliphatic rings. The Kier molecular flexibility index (Phi) is 4.64. The first-order valence-corrected chi connectivity index (χ1v) is 6.54. The molecule has 1 aromatic heterocycles. The van der Waals surface area contributed by atoms with Crippen molar-refractivity contribution in [2.24, 2.45) is 0 Å². The fraction of sp³-hybridized carbons (Fsp3) is 0.214. The highest BCUT2D eigenvalue weighted by molar-refractivity contribution is 6.36. The van der Waals surface area contributed by atoms with Gasteiger partial charge in [0, 0.05) is 21.8 Å². The number of ether oxygens (including phenoxy) is 1. The molecule has 0 spiro atoms. The van der Waals surface area contributed by atoms with Crippen molar-refractivity contribution < 1.29 is 4.74 Å². The molecule has 2 aromatic rings. The van der Waals surface area contributed by atoms with Crippen molar-refractivity contribution in [3.63, 3.8) is 0 Å². The zero-order valence-electron chi connectivity index (χ0n) is 10.7. The first-order chi connectivity index (χ1) is 9.19. The summed E-state index contributed by atoms with van der Waals surface area (Å²) in [5, 5.41) is 4.37. The van der Waals surface area contributed by atoms with Crippen molar-refractivity contribution in [2.75, 3.05) is 14.2 Å². The standard InChI is InChI=1S/C14H14Cl2N2O/c1-17-14(12-9(15)5-3-6-10(12)16)13-11(19-2)7-4-8-18-13/h3-8,14,17H,1-2H3. The van der Waals surface area contributed by atoms with E-state index in [1.807, 2.05) is 37.4 Å². The van der Waals surface area contributed by atoms with E-state index < -0.39 is 0 Å². The first-order valence-electron chi connectivity index (χ1n) is 5.79. The van der Waals surface area contributed by atoms with Crippen LogP contribution in [0.3, 0.4) is 0 Å². The van der Waals surface area contributed by atoms with Crippen molar-refractivity contribution in [2.45, 2.75) is 6.04 Å². The maximum atomic E-state index is 6.26. The van der Waals surface area contributed by atoms with Gasteiger partial charge in [-0.25, -0.2) is 0 Å². The summed E-state index contributed by atoms with van der Waals surface area (Å²) < 4.78 is 5.34. The third kappa shape index (κ3) is 2.84. The zero-order chi connectivity index (χ0) is 13.8. The van der Waals surface area contributed by atoms with E-state index in [0.717, 1.165) is 11.3 Å². The second kappa shape index (κ2) is 6.24. The van der Waals surface area contributed by atoms with Crippen molar-refractivity contribution in [1.29, 1.82) is 0 Å². The van der Waals surface area contributed by atoms with Gasteiger partial charge < -0.3 is 10.1 Å². The molecule has 1 aromatic carbocycles. The number of hydrogen-bond acceptors (Lipinski definition) is 3. The van der Waals surface area contributed by atoms with Gasteiger partial charge in [0.25, 0.3) is 0 Å². The average molecular weight is 297 g/mol. The van der Waals surface area contributed by atoms with Crippen LogP contribution in [0.5, 0.6) is 5.75 Å². The number of hydrogen-bond donors (Lipinski definition) is 1. The van der Waals surface area contributed by atoms with Crippen LogP contribution in [0.2, 0.25) is 10.0 Å². The van der Waals surface area contributed by atoms with Crippen LogP contribution in [0.15, 0.2) is 36.5 Å². The zero-order valence-corrected chi connectivity index (χ0v) is 12.2. The molecule has 100 valence electrons. The number of rotatable bonds is 4. The van der Waals surface area contributed by atoms with Crippen molar-refractivity contribution in [3.8, 4) is 5.75 Å². The van der Waals surface area contributed by atoms with Gasteiger partial charge in [-0.3, -0.25) is 4.98 Å². The van der Waals surface area contributed by atoms with Crippen LogP contribution >= 0.6 is 23.2 Å². The Morgan fingerprint density at radius 1 is 1.16 bits per heavy atom. The Morgan fingerprint density at radius 3 is 2.42 bits per heavy atom. The molecule has 0 radical (unpaired) electrons. The summed E-state index contributed by atoms with van der Waals surface area (Å²) in [6.07, 6.45) is 1.72. The van der Waals surface area contributed by atoms with E-state index in [0.29, 0.717) is 15.8 Å². The van der Waals surface area contributed by atoms with Crippen LogP contribution in [0.25, 0.3) is 0 Å². The molecule has 0 aliphatic carbocycles. The van der Waals surface area contributed by atoms with E-state index >= 15 is 0 Å². The molecule has 0 amide bonds. The Balaban J connectivity index is 2.57. The maximum Gasteiger partial charge on any atom is 0.142 e. The highest BCUT2D eigenvalue weighted by Gasteiger charge is 2.22. The van der Waals surface area contributed by atoms with Gasteiger partial charge in [-0.15, -0.1) is 0 Å². The summed E-state index contributed by atoms with van der Waals surface area (Å²) in [4.78, 5) is 4.37. The predicted octanol–water partition coefficient (Wildman–Crippen LogP) is 3.71. The molecule has 5 heteroatoms. The smallest absolute Gasteiger partial charge is 0.142 e. The molecule has 1 unspecified atom stereocenters. The highest BCUT2D eigenvalue weighted by atomic mass is 35.5. The SMILES string of the molecule is CNC(c1ncccc1OC)c1c(Cl)cccc1Cl. The molecule has 1 N–H and O–H groups in total. The van der Waals surface area contributed by atoms with E-state index in [1.165, 1.54) is 0 Å². The first kappa shape index (κ1) is 14.1. The second-order valence-corrected chi connectivity index (χ2v) is 4.76. The number of nitrogens with one attached hydrogen (secondary N) is 1. The third-order valence-electron chi connectivity index (χ3n) is 2.87. The third-order valence-corrected chi connectivity index (χ3v) is 3.53. The number of halogens is 2. The number of methoxy groups -OCH3 is 1. The minimum atomic E-state index is -0.225. The quantitative estimate of drug-likeness (QED) is 0.934. The lowest BCUT2D eigenvalue weighted by Gasteiger charge is -2.20. The molecule has 19 heavy (non-hydrogen) atoms. The fourth-order valence-electron chi connectivity index (χ4n) is 2.00. The lowest BCUT2D eigenvalue weighted by molar-refractivity contribution is 0.401. The summed E-state index contributed by atoms with van der Waals surface area (Å²) in [6, 6.07) is 8.89. The summed E-state index contributed by atoms with van der Waals surface area (Å²) in [5.74, 6) is 0.692. The van der Waals surface area contributed by atoms with Gasteiger partial charge >= 0.3 is 0 Å². The average Bonchev–Trinajstić information content (AvgIpc) is 2.43. The summed E-state index contributed by atoms with van der Waals surface area (Å²) in [6.45, 7) is 0. The van der Waals surface area contributed by atoms with Crippen LogP contribution < -0.4 is 10.1 Å². The number of benzene rings is 1. The van der Waals surface area contributed by atoms with E-state index in [2.05, 4.69) is 10.3 Å². The molecule has 1 heterocycles.